The minimum absolute atomic E-state index is 0.0172. The molecule has 1 saturated heterocycles. The van der Waals surface area contributed by atoms with Gasteiger partial charge < -0.3 is 10.2 Å². The summed E-state index contributed by atoms with van der Waals surface area (Å²) in [5, 5.41) is 0. The van der Waals surface area contributed by atoms with Gasteiger partial charge >= 0.3 is 6.03 Å². The van der Waals surface area contributed by atoms with Crippen LogP contribution in [0.2, 0.25) is 0 Å². The van der Waals surface area contributed by atoms with E-state index < -0.39 is 23.8 Å². The fraction of sp³-hybridized carbons (Fsp3) is 0.417. The molecule has 1 aromatic rings. The van der Waals surface area contributed by atoms with Crippen LogP contribution in [0, 0.1) is 5.92 Å². The van der Waals surface area contributed by atoms with Crippen LogP contribution in [0.3, 0.4) is 0 Å². The molecule has 0 aliphatic carbocycles. The van der Waals surface area contributed by atoms with Crippen LogP contribution >= 0.6 is 0 Å². The maximum absolute atomic E-state index is 12.2. The molecule has 7 heteroatoms. The van der Waals surface area contributed by atoms with Crippen LogP contribution in [-0.4, -0.2) is 41.2 Å². The summed E-state index contributed by atoms with van der Waals surface area (Å²) in [6.45, 7) is 0.224. The third kappa shape index (κ3) is 2.37. The Morgan fingerprint density at radius 1 is 1.32 bits per heavy atom. The van der Waals surface area contributed by atoms with Crippen LogP contribution < -0.4 is 5.73 Å². The van der Waals surface area contributed by atoms with Crippen LogP contribution in [0.1, 0.15) is 12.2 Å². The first-order chi connectivity index (χ1) is 9.06. The SMILES string of the molecule is CN1C(=O)C(CCN)C(=O)N(Cc2ccco2)C1=O. The van der Waals surface area contributed by atoms with Crippen molar-refractivity contribution in [2.45, 2.75) is 13.0 Å². The van der Waals surface area contributed by atoms with E-state index in [1.807, 2.05) is 0 Å². The molecule has 2 N–H and O–H groups in total. The summed E-state index contributed by atoms with van der Waals surface area (Å²) in [6.07, 6.45) is 1.68. The van der Waals surface area contributed by atoms with Crippen molar-refractivity contribution in [1.82, 2.24) is 9.80 Å². The van der Waals surface area contributed by atoms with E-state index >= 15 is 0 Å². The topological polar surface area (TPSA) is 96.8 Å². The molecule has 1 fully saturated rings. The molecule has 0 bridgehead atoms. The molecular formula is C12H15N3O4. The van der Waals surface area contributed by atoms with E-state index in [1.54, 1.807) is 12.1 Å². The molecule has 1 aliphatic rings. The lowest BCUT2D eigenvalue weighted by Gasteiger charge is -2.34. The van der Waals surface area contributed by atoms with Crippen molar-refractivity contribution in [2.75, 3.05) is 13.6 Å². The predicted octanol–water partition coefficient (Wildman–Crippen LogP) is 0.165. The van der Waals surface area contributed by atoms with Crippen molar-refractivity contribution in [2.24, 2.45) is 11.7 Å². The van der Waals surface area contributed by atoms with Gasteiger partial charge in [0, 0.05) is 7.05 Å². The minimum Gasteiger partial charge on any atom is -0.467 e. The average molecular weight is 265 g/mol. The summed E-state index contributed by atoms with van der Waals surface area (Å²) in [5.74, 6) is -1.43. The zero-order valence-corrected chi connectivity index (χ0v) is 10.5. The van der Waals surface area contributed by atoms with Crippen molar-refractivity contribution in [3.63, 3.8) is 0 Å². The molecule has 1 aromatic heterocycles. The van der Waals surface area contributed by atoms with E-state index in [-0.39, 0.29) is 19.5 Å². The molecular weight excluding hydrogens is 250 g/mol. The zero-order chi connectivity index (χ0) is 14.0. The molecule has 1 unspecified atom stereocenters. The second-order valence-electron chi connectivity index (χ2n) is 4.31. The molecule has 0 aromatic carbocycles. The molecule has 1 aliphatic heterocycles. The first-order valence-corrected chi connectivity index (χ1v) is 5.91. The summed E-state index contributed by atoms with van der Waals surface area (Å²) < 4.78 is 5.12. The number of nitrogens with two attached hydrogens (primary N) is 1. The zero-order valence-electron chi connectivity index (χ0n) is 10.5. The number of urea groups is 1. The fourth-order valence-electron chi connectivity index (χ4n) is 2.01. The van der Waals surface area contributed by atoms with Crippen molar-refractivity contribution < 1.29 is 18.8 Å². The normalized spacial score (nSPS) is 20.3. The van der Waals surface area contributed by atoms with E-state index in [2.05, 4.69) is 0 Å². The van der Waals surface area contributed by atoms with Crippen molar-refractivity contribution >= 4 is 17.8 Å². The van der Waals surface area contributed by atoms with Crippen LogP contribution in [0.15, 0.2) is 22.8 Å². The van der Waals surface area contributed by atoms with Gasteiger partial charge in [-0.25, -0.2) is 4.79 Å². The van der Waals surface area contributed by atoms with Crippen molar-refractivity contribution in [3.8, 4) is 0 Å². The Balaban J connectivity index is 2.23. The number of furan rings is 1. The molecule has 1 atom stereocenters. The number of nitrogens with zero attached hydrogens (tertiary/aromatic N) is 2. The van der Waals surface area contributed by atoms with Crippen molar-refractivity contribution in [3.05, 3.63) is 24.2 Å². The first kappa shape index (κ1) is 13.3. The third-order valence-electron chi connectivity index (χ3n) is 3.06. The minimum atomic E-state index is -0.886. The lowest BCUT2D eigenvalue weighted by Crippen LogP contribution is -2.58. The number of rotatable bonds is 4. The van der Waals surface area contributed by atoms with E-state index in [4.69, 9.17) is 10.2 Å². The summed E-state index contributed by atoms with van der Waals surface area (Å²) >= 11 is 0. The van der Waals surface area contributed by atoms with Crippen molar-refractivity contribution in [1.29, 1.82) is 0 Å². The molecule has 7 nitrogen and oxygen atoms in total. The highest BCUT2D eigenvalue weighted by molar-refractivity contribution is 6.15. The second-order valence-corrected chi connectivity index (χ2v) is 4.31. The van der Waals surface area contributed by atoms with E-state index in [9.17, 15) is 14.4 Å². The number of barbiturate groups is 1. The number of carbonyl (C=O) groups excluding carboxylic acids is 3. The Hall–Kier alpha value is -2.15. The van der Waals surface area contributed by atoms with E-state index in [1.165, 1.54) is 13.3 Å². The maximum atomic E-state index is 12.2. The number of amides is 4. The Bertz CT molecular complexity index is 497. The molecule has 0 radical (unpaired) electrons. The highest BCUT2D eigenvalue weighted by Gasteiger charge is 2.43. The van der Waals surface area contributed by atoms with Gasteiger partial charge in [-0.3, -0.25) is 19.4 Å². The monoisotopic (exact) mass is 265 g/mol. The fourth-order valence-corrected chi connectivity index (χ4v) is 2.01. The number of imide groups is 2. The third-order valence-corrected chi connectivity index (χ3v) is 3.06. The summed E-state index contributed by atoms with van der Waals surface area (Å²) in [5.41, 5.74) is 5.40. The molecule has 102 valence electrons. The summed E-state index contributed by atoms with van der Waals surface area (Å²) in [7, 11) is 1.36. The maximum Gasteiger partial charge on any atom is 0.333 e. The number of hydrogen-bond acceptors (Lipinski definition) is 5. The molecule has 0 spiro atoms. The first-order valence-electron chi connectivity index (χ1n) is 5.91. The van der Waals surface area contributed by atoms with Crippen LogP contribution in [0.25, 0.3) is 0 Å². The standard InChI is InChI=1S/C12H15N3O4/c1-14-10(16)9(4-5-13)11(17)15(12(14)18)7-8-3-2-6-19-8/h2-3,6,9H,4-5,7,13H2,1H3. The van der Waals surface area contributed by atoms with Crippen LogP contribution in [0.4, 0.5) is 4.79 Å². The molecule has 2 heterocycles. The number of carbonyl (C=O) groups is 3. The average Bonchev–Trinajstić information content (AvgIpc) is 2.90. The Labute approximate surface area is 109 Å². The molecule has 2 rings (SSSR count). The Kier molecular flexibility index (Phi) is 3.66. The van der Waals surface area contributed by atoms with Crippen LogP contribution in [0.5, 0.6) is 0 Å². The molecule has 0 saturated carbocycles. The molecule has 4 amide bonds. The second kappa shape index (κ2) is 5.23. The quantitative estimate of drug-likeness (QED) is 0.782. The summed E-state index contributed by atoms with van der Waals surface area (Å²) in [4.78, 5) is 38.0. The number of hydrogen-bond donors (Lipinski definition) is 1. The highest BCUT2D eigenvalue weighted by Crippen LogP contribution is 2.21. The Morgan fingerprint density at radius 3 is 2.63 bits per heavy atom. The molecule has 19 heavy (non-hydrogen) atoms. The predicted molar refractivity (Wildman–Crippen MR) is 64.6 cm³/mol. The summed E-state index contributed by atoms with van der Waals surface area (Å²) in [6, 6.07) is 2.69. The smallest absolute Gasteiger partial charge is 0.333 e. The van der Waals surface area contributed by atoms with Gasteiger partial charge in [0.1, 0.15) is 11.7 Å². The van der Waals surface area contributed by atoms with Gasteiger partial charge in [-0.15, -0.1) is 0 Å². The van der Waals surface area contributed by atoms with E-state index in [0.717, 1.165) is 9.80 Å². The van der Waals surface area contributed by atoms with Gasteiger partial charge in [-0.2, -0.15) is 0 Å². The highest BCUT2D eigenvalue weighted by atomic mass is 16.3. The van der Waals surface area contributed by atoms with Gasteiger partial charge in [-0.05, 0) is 25.1 Å². The van der Waals surface area contributed by atoms with Gasteiger partial charge in [0.2, 0.25) is 11.8 Å². The van der Waals surface area contributed by atoms with Gasteiger partial charge in [0.25, 0.3) is 0 Å². The Morgan fingerprint density at radius 2 is 2.05 bits per heavy atom. The van der Waals surface area contributed by atoms with Gasteiger partial charge in [-0.1, -0.05) is 0 Å². The lowest BCUT2D eigenvalue weighted by molar-refractivity contribution is -0.149. The van der Waals surface area contributed by atoms with E-state index in [0.29, 0.717) is 5.76 Å². The van der Waals surface area contributed by atoms with Gasteiger partial charge in [0.05, 0.1) is 12.8 Å². The van der Waals surface area contributed by atoms with Gasteiger partial charge in [0.15, 0.2) is 0 Å². The lowest BCUT2D eigenvalue weighted by atomic mass is 10.00. The van der Waals surface area contributed by atoms with Crippen LogP contribution in [-0.2, 0) is 16.1 Å². The largest absolute Gasteiger partial charge is 0.467 e.